The quantitative estimate of drug-likeness (QED) is 0.848. The van der Waals surface area contributed by atoms with Crippen molar-refractivity contribution in [1.29, 1.82) is 0 Å². The maximum Gasteiger partial charge on any atom is 0.123 e. The van der Waals surface area contributed by atoms with E-state index in [-0.39, 0.29) is 5.82 Å². The third-order valence-corrected chi connectivity index (χ3v) is 2.91. The second-order valence-corrected chi connectivity index (χ2v) is 4.44. The van der Waals surface area contributed by atoms with E-state index in [0.29, 0.717) is 6.04 Å². The summed E-state index contributed by atoms with van der Waals surface area (Å²) in [6, 6.07) is 9.12. The number of H-pyrrole nitrogens is 1. The molecule has 1 aliphatic rings. The molecule has 17 heavy (non-hydrogen) atoms. The predicted molar refractivity (Wildman–Crippen MR) is 63.8 cm³/mol. The number of benzene rings is 1. The summed E-state index contributed by atoms with van der Waals surface area (Å²) in [5.74, 6) is -0.233. The topological polar surface area (TPSA) is 40.7 Å². The lowest BCUT2D eigenvalue weighted by molar-refractivity contribution is 0.628. The van der Waals surface area contributed by atoms with Gasteiger partial charge in [0, 0.05) is 23.8 Å². The fraction of sp³-hybridized carbons (Fsp3) is 0.308. The number of hydrogen-bond acceptors (Lipinski definition) is 2. The van der Waals surface area contributed by atoms with Gasteiger partial charge < -0.3 is 5.32 Å². The second kappa shape index (κ2) is 4.30. The van der Waals surface area contributed by atoms with E-state index in [0.717, 1.165) is 23.5 Å². The maximum atomic E-state index is 13.1. The van der Waals surface area contributed by atoms with Crippen LogP contribution in [0, 0.1) is 5.82 Å². The molecule has 3 rings (SSSR count). The molecule has 1 aromatic carbocycles. The second-order valence-electron chi connectivity index (χ2n) is 4.44. The third-order valence-electron chi connectivity index (χ3n) is 2.91. The van der Waals surface area contributed by atoms with Gasteiger partial charge >= 0.3 is 0 Å². The Morgan fingerprint density at radius 1 is 1.35 bits per heavy atom. The molecule has 0 bridgehead atoms. The zero-order valence-electron chi connectivity index (χ0n) is 9.41. The molecule has 0 aliphatic heterocycles. The van der Waals surface area contributed by atoms with E-state index in [4.69, 9.17) is 0 Å². The van der Waals surface area contributed by atoms with Crippen molar-refractivity contribution in [2.75, 3.05) is 0 Å². The summed E-state index contributed by atoms with van der Waals surface area (Å²) in [4.78, 5) is 0. The van der Waals surface area contributed by atoms with Crippen molar-refractivity contribution in [3.63, 3.8) is 0 Å². The van der Waals surface area contributed by atoms with Crippen LogP contribution >= 0.6 is 0 Å². The highest BCUT2D eigenvalue weighted by atomic mass is 19.1. The Hall–Kier alpha value is -1.68. The number of aromatic amines is 1. The number of halogens is 1. The van der Waals surface area contributed by atoms with Crippen LogP contribution in [0.4, 0.5) is 4.39 Å². The highest BCUT2D eigenvalue weighted by Gasteiger charge is 2.20. The minimum atomic E-state index is -0.233. The summed E-state index contributed by atoms with van der Waals surface area (Å²) in [7, 11) is 0. The van der Waals surface area contributed by atoms with Gasteiger partial charge in [0.25, 0.3) is 0 Å². The fourth-order valence-electron chi connectivity index (χ4n) is 1.79. The van der Waals surface area contributed by atoms with Gasteiger partial charge in [-0.15, -0.1) is 0 Å². The largest absolute Gasteiger partial charge is 0.308 e. The van der Waals surface area contributed by atoms with Gasteiger partial charge in [-0.3, -0.25) is 5.10 Å². The molecule has 2 N–H and O–H groups in total. The van der Waals surface area contributed by atoms with Crippen molar-refractivity contribution >= 4 is 0 Å². The average Bonchev–Trinajstić information content (AvgIpc) is 3.04. The van der Waals surface area contributed by atoms with Gasteiger partial charge in [0.15, 0.2) is 0 Å². The van der Waals surface area contributed by atoms with Crippen LogP contribution in [0.3, 0.4) is 0 Å². The molecule has 1 aromatic heterocycles. The van der Waals surface area contributed by atoms with E-state index in [9.17, 15) is 4.39 Å². The molecule has 4 heteroatoms. The fourth-order valence-corrected chi connectivity index (χ4v) is 1.79. The predicted octanol–water partition coefficient (Wildman–Crippen LogP) is 2.47. The lowest BCUT2D eigenvalue weighted by atomic mass is 10.1. The molecule has 0 unspecified atom stereocenters. The maximum absolute atomic E-state index is 13.1. The Morgan fingerprint density at radius 2 is 2.24 bits per heavy atom. The normalized spacial score (nSPS) is 15.1. The number of nitrogens with zero attached hydrogens (tertiary/aromatic N) is 1. The van der Waals surface area contributed by atoms with Crippen molar-refractivity contribution in [2.24, 2.45) is 0 Å². The third kappa shape index (κ3) is 2.53. The minimum absolute atomic E-state index is 0.233. The molecule has 88 valence electrons. The van der Waals surface area contributed by atoms with E-state index in [2.05, 4.69) is 15.5 Å². The molecule has 0 spiro atoms. The van der Waals surface area contributed by atoms with E-state index in [1.807, 2.05) is 12.1 Å². The molecule has 1 aliphatic carbocycles. The molecular weight excluding hydrogens is 217 g/mol. The summed E-state index contributed by atoms with van der Waals surface area (Å²) in [5, 5.41) is 10.6. The summed E-state index contributed by atoms with van der Waals surface area (Å²) < 4.78 is 13.1. The number of nitrogens with one attached hydrogen (secondary N) is 2. The monoisotopic (exact) mass is 231 g/mol. The van der Waals surface area contributed by atoms with Crippen molar-refractivity contribution < 1.29 is 4.39 Å². The van der Waals surface area contributed by atoms with Gasteiger partial charge in [0.05, 0.1) is 5.69 Å². The van der Waals surface area contributed by atoms with E-state index in [1.165, 1.54) is 25.0 Å². The summed E-state index contributed by atoms with van der Waals surface area (Å²) in [6.45, 7) is 0.799. The average molecular weight is 231 g/mol. The van der Waals surface area contributed by atoms with Crippen LogP contribution < -0.4 is 5.32 Å². The van der Waals surface area contributed by atoms with Crippen molar-refractivity contribution in [2.45, 2.75) is 25.4 Å². The summed E-state index contributed by atoms with van der Waals surface area (Å²) in [6.07, 6.45) is 2.54. The smallest absolute Gasteiger partial charge is 0.123 e. The van der Waals surface area contributed by atoms with Gasteiger partial charge in [0.2, 0.25) is 0 Å². The van der Waals surface area contributed by atoms with Gasteiger partial charge in [-0.1, -0.05) is 12.1 Å². The van der Waals surface area contributed by atoms with Crippen LogP contribution in [-0.4, -0.2) is 16.2 Å². The van der Waals surface area contributed by atoms with Crippen LogP contribution in [0.2, 0.25) is 0 Å². The first-order valence-electron chi connectivity index (χ1n) is 5.85. The Morgan fingerprint density at radius 3 is 3.00 bits per heavy atom. The van der Waals surface area contributed by atoms with Gasteiger partial charge in [-0.05, 0) is 31.0 Å². The van der Waals surface area contributed by atoms with Crippen molar-refractivity contribution in [3.05, 3.63) is 41.8 Å². The molecule has 1 saturated carbocycles. The number of aromatic nitrogens is 2. The molecule has 1 heterocycles. The number of rotatable bonds is 4. The first-order chi connectivity index (χ1) is 8.31. The molecule has 0 saturated heterocycles. The minimum Gasteiger partial charge on any atom is -0.308 e. The van der Waals surface area contributed by atoms with Crippen LogP contribution in [0.5, 0.6) is 0 Å². The zero-order chi connectivity index (χ0) is 11.7. The molecule has 0 atom stereocenters. The van der Waals surface area contributed by atoms with Gasteiger partial charge in [0.1, 0.15) is 5.82 Å². The highest BCUT2D eigenvalue weighted by Crippen LogP contribution is 2.21. The van der Waals surface area contributed by atoms with E-state index < -0.39 is 0 Å². The molecular formula is C13H14FN3. The van der Waals surface area contributed by atoms with Crippen LogP contribution in [-0.2, 0) is 6.54 Å². The molecule has 2 aromatic rings. The van der Waals surface area contributed by atoms with Gasteiger partial charge in [-0.25, -0.2) is 4.39 Å². The van der Waals surface area contributed by atoms with E-state index in [1.54, 1.807) is 6.07 Å². The SMILES string of the molecule is Fc1cccc(-c2cc(CNC3CC3)[nH]n2)c1. The lowest BCUT2D eigenvalue weighted by Gasteiger charge is -1.97. The van der Waals surface area contributed by atoms with Crippen LogP contribution in [0.25, 0.3) is 11.3 Å². The lowest BCUT2D eigenvalue weighted by Crippen LogP contribution is -2.15. The Bertz CT molecular complexity index is 517. The molecule has 1 fully saturated rings. The Balaban J connectivity index is 1.74. The van der Waals surface area contributed by atoms with Crippen LogP contribution in [0.1, 0.15) is 18.5 Å². The van der Waals surface area contributed by atoms with Crippen molar-refractivity contribution in [3.8, 4) is 11.3 Å². The first-order valence-corrected chi connectivity index (χ1v) is 5.85. The summed E-state index contributed by atoms with van der Waals surface area (Å²) >= 11 is 0. The Labute approximate surface area is 99.1 Å². The van der Waals surface area contributed by atoms with Crippen LogP contribution in [0.15, 0.2) is 30.3 Å². The van der Waals surface area contributed by atoms with Gasteiger partial charge in [-0.2, -0.15) is 5.10 Å². The summed E-state index contributed by atoms with van der Waals surface area (Å²) in [5.41, 5.74) is 2.63. The first kappa shape index (κ1) is 10.5. The molecule has 3 nitrogen and oxygen atoms in total. The van der Waals surface area contributed by atoms with E-state index >= 15 is 0 Å². The Kier molecular flexibility index (Phi) is 2.65. The highest BCUT2D eigenvalue weighted by molar-refractivity contribution is 5.59. The van der Waals surface area contributed by atoms with Crippen molar-refractivity contribution in [1.82, 2.24) is 15.5 Å². The molecule has 0 radical (unpaired) electrons. The zero-order valence-corrected chi connectivity index (χ0v) is 9.41. The standard InChI is InChI=1S/C13H14FN3/c14-10-3-1-2-9(6-10)13-7-12(16-17-13)8-15-11-4-5-11/h1-3,6-7,11,15H,4-5,8H2,(H,16,17). The number of hydrogen-bond donors (Lipinski definition) is 2. The molecule has 0 amide bonds.